The molecule has 6 heteroatoms. The van der Waals surface area contributed by atoms with Crippen molar-refractivity contribution >= 4 is 35.8 Å². The van der Waals surface area contributed by atoms with Crippen LogP contribution in [0.2, 0.25) is 0 Å². The Morgan fingerprint density at radius 3 is 2.50 bits per heavy atom. The average Bonchev–Trinajstić information content (AvgIpc) is 2.67. The quantitative estimate of drug-likeness (QED) is 0.376. The molecule has 1 N–H and O–H groups in total. The van der Waals surface area contributed by atoms with Crippen LogP contribution < -0.4 is 5.32 Å². The van der Waals surface area contributed by atoms with Gasteiger partial charge in [0.2, 0.25) is 6.41 Å². The molecule has 5 nitrogen and oxygen atoms in total. The van der Waals surface area contributed by atoms with Crippen molar-refractivity contribution in [3.05, 3.63) is 35.9 Å². The number of thioether (sulfide) groups is 1. The maximum absolute atomic E-state index is 11.2. The molecular weight excluding hydrogens is 254 g/mol. The molecule has 0 aromatic heterocycles. The van der Waals surface area contributed by atoms with Crippen LogP contribution in [0.1, 0.15) is 0 Å². The van der Waals surface area contributed by atoms with Gasteiger partial charge in [-0.1, -0.05) is 0 Å². The number of hydrogen-bond acceptors (Lipinski definition) is 5. The van der Waals surface area contributed by atoms with E-state index < -0.39 is 11.9 Å². The molecule has 1 aromatic carbocycles. The van der Waals surface area contributed by atoms with E-state index in [-0.39, 0.29) is 0 Å². The normalized spacial score (nSPS) is 14.1. The lowest BCUT2D eigenvalue weighted by atomic mass is 10.3. The van der Waals surface area contributed by atoms with E-state index in [1.165, 1.54) is 17.8 Å². The predicted molar refractivity (Wildman–Crippen MR) is 66.0 cm³/mol. The molecule has 0 fully saturated rings. The van der Waals surface area contributed by atoms with Gasteiger partial charge in [-0.25, -0.2) is 9.59 Å². The summed E-state index contributed by atoms with van der Waals surface area (Å²) in [6, 6.07) is 7.14. The Kier molecular flexibility index (Phi) is 3.78. The largest absolute Gasteiger partial charge is 0.386 e. The highest BCUT2D eigenvalue weighted by Crippen LogP contribution is 2.24. The van der Waals surface area contributed by atoms with E-state index in [0.717, 1.165) is 4.90 Å². The minimum atomic E-state index is -0.610. The van der Waals surface area contributed by atoms with Crippen molar-refractivity contribution in [1.82, 2.24) is 0 Å². The lowest BCUT2D eigenvalue weighted by Gasteiger charge is -2.02. The Labute approximate surface area is 107 Å². The first-order chi connectivity index (χ1) is 8.69. The van der Waals surface area contributed by atoms with Crippen LogP contribution in [0.3, 0.4) is 0 Å². The fourth-order valence-electron chi connectivity index (χ4n) is 1.36. The molecule has 18 heavy (non-hydrogen) atoms. The van der Waals surface area contributed by atoms with Crippen LogP contribution in [-0.4, -0.2) is 24.1 Å². The Morgan fingerprint density at radius 2 is 1.94 bits per heavy atom. The summed E-state index contributed by atoms with van der Waals surface area (Å²) in [6.45, 7) is 0. The smallest absolute Gasteiger partial charge is 0.343 e. The maximum Gasteiger partial charge on any atom is 0.343 e. The minimum Gasteiger partial charge on any atom is -0.386 e. The van der Waals surface area contributed by atoms with Gasteiger partial charge in [-0.2, -0.15) is 0 Å². The van der Waals surface area contributed by atoms with Crippen LogP contribution in [0, 0.1) is 0 Å². The van der Waals surface area contributed by atoms with Gasteiger partial charge >= 0.3 is 11.9 Å². The van der Waals surface area contributed by atoms with E-state index in [9.17, 15) is 14.4 Å². The highest BCUT2D eigenvalue weighted by atomic mass is 32.2. The summed E-state index contributed by atoms with van der Waals surface area (Å²) >= 11 is 1.41. The van der Waals surface area contributed by atoms with Crippen LogP contribution in [0.5, 0.6) is 0 Å². The zero-order chi connectivity index (χ0) is 13.0. The number of benzene rings is 1. The highest BCUT2D eigenvalue weighted by molar-refractivity contribution is 7.99. The zero-order valence-electron chi connectivity index (χ0n) is 9.21. The summed E-state index contributed by atoms with van der Waals surface area (Å²) in [5.74, 6) is -0.807. The lowest BCUT2D eigenvalue weighted by Crippen LogP contribution is -2.03. The molecule has 1 aliphatic rings. The zero-order valence-corrected chi connectivity index (χ0v) is 10.0. The molecule has 0 atom stereocenters. The van der Waals surface area contributed by atoms with Crippen molar-refractivity contribution in [1.29, 1.82) is 0 Å². The van der Waals surface area contributed by atoms with E-state index in [4.69, 9.17) is 0 Å². The summed E-state index contributed by atoms with van der Waals surface area (Å²) in [7, 11) is 0. The molecule has 2 rings (SSSR count). The Morgan fingerprint density at radius 1 is 1.22 bits per heavy atom. The molecule has 1 heterocycles. The number of carbonyl (C=O) groups excluding carboxylic acids is 3. The van der Waals surface area contributed by atoms with Crippen LogP contribution >= 0.6 is 11.8 Å². The van der Waals surface area contributed by atoms with E-state index in [1.54, 1.807) is 12.1 Å². The van der Waals surface area contributed by atoms with Crippen LogP contribution in [-0.2, 0) is 19.1 Å². The molecule has 92 valence electrons. The number of nitrogens with one attached hydrogen (secondary N) is 1. The van der Waals surface area contributed by atoms with Crippen molar-refractivity contribution in [3.8, 4) is 0 Å². The van der Waals surface area contributed by atoms with Gasteiger partial charge in [0.1, 0.15) is 0 Å². The summed E-state index contributed by atoms with van der Waals surface area (Å²) in [4.78, 5) is 33.1. The van der Waals surface area contributed by atoms with Gasteiger partial charge in [0.15, 0.2) is 0 Å². The standard InChI is InChI=1S/C12H9NO4S/c14-7-13-9-1-3-10(4-2-9)18-6-8-5-11(15)17-12(8)16/h1-5,7H,6H2,(H,13,14). The minimum absolute atomic E-state index is 0.361. The monoisotopic (exact) mass is 263 g/mol. The van der Waals surface area contributed by atoms with Crippen molar-refractivity contribution in [2.75, 3.05) is 11.1 Å². The third-order valence-electron chi connectivity index (χ3n) is 2.22. The third-order valence-corrected chi connectivity index (χ3v) is 3.28. The number of ether oxygens (including phenoxy) is 1. The van der Waals surface area contributed by atoms with Crippen LogP contribution in [0.25, 0.3) is 0 Å². The average molecular weight is 263 g/mol. The summed E-state index contributed by atoms with van der Waals surface area (Å²) in [5, 5.41) is 2.52. The lowest BCUT2D eigenvalue weighted by molar-refractivity contribution is -0.150. The fourth-order valence-corrected chi connectivity index (χ4v) is 2.22. The molecule has 0 unspecified atom stereocenters. The van der Waals surface area contributed by atoms with Gasteiger partial charge in [-0.15, -0.1) is 11.8 Å². The summed E-state index contributed by atoms with van der Waals surface area (Å²) < 4.78 is 4.38. The molecule has 0 spiro atoms. The SMILES string of the molecule is O=CNc1ccc(SCC2=CC(=O)OC2=O)cc1. The predicted octanol–water partition coefficient (Wildman–Crippen LogP) is 1.36. The molecule has 1 aliphatic heterocycles. The number of amides is 1. The third kappa shape index (κ3) is 2.98. The molecule has 1 amide bonds. The number of esters is 2. The Hall–Kier alpha value is -2.08. The molecule has 0 aliphatic carbocycles. The van der Waals surface area contributed by atoms with Crippen molar-refractivity contribution < 1.29 is 19.1 Å². The van der Waals surface area contributed by atoms with Gasteiger partial charge in [-0.3, -0.25) is 4.79 Å². The Bertz CT molecular complexity index is 521. The first-order valence-corrected chi connectivity index (χ1v) is 6.07. The summed E-state index contributed by atoms with van der Waals surface area (Å²) in [5.41, 5.74) is 1.06. The Balaban J connectivity index is 1.94. The number of cyclic esters (lactones) is 2. The van der Waals surface area contributed by atoms with Gasteiger partial charge in [-0.05, 0) is 24.3 Å². The first kappa shape index (κ1) is 12.4. The van der Waals surface area contributed by atoms with Crippen molar-refractivity contribution in [3.63, 3.8) is 0 Å². The maximum atomic E-state index is 11.2. The van der Waals surface area contributed by atoms with Crippen molar-refractivity contribution in [2.45, 2.75) is 4.90 Å². The highest BCUT2D eigenvalue weighted by Gasteiger charge is 2.23. The second-order valence-corrected chi connectivity index (χ2v) is 4.50. The number of carbonyl (C=O) groups is 3. The summed E-state index contributed by atoms with van der Waals surface area (Å²) in [6.07, 6.45) is 1.81. The molecule has 0 bridgehead atoms. The van der Waals surface area contributed by atoms with Crippen LogP contribution in [0.15, 0.2) is 40.8 Å². The first-order valence-electron chi connectivity index (χ1n) is 5.09. The van der Waals surface area contributed by atoms with Crippen molar-refractivity contribution in [2.24, 2.45) is 0 Å². The second kappa shape index (κ2) is 5.50. The van der Waals surface area contributed by atoms with Gasteiger partial charge in [0, 0.05) is 22.4 Å². The molecule has 0 saturated heterocycles. The second-order valence-electron chi connectivity index (χ2n) is 3.45. The van der Waals surface area contributed by atoms with E-state index in [2.05, 4.69) is 10.1 Å². The van der Waals surface area contributed by atoms with E-state index >= 15 is 0 Å². The van der Waals surface area contributed by atoms with Crippen LogP contribution in [0.4, 0.5) is 5.69 Å². The number of hydrogen-bond donors (Lipinski definition) is 1. The molecule has 0 saturated carbocycles. The number of anilines is 1. The van der Waals surface area contributed by atoms with Gasteiger partial charge < -0.3 is 10.1 Å². The topological polar surface area (TPSA) is 72.5 Å². The number of rotatable bonds is 5. The molecular formula is C12H9NO4S. The van der Waals surface area contributed by atoms with E-state index in [0.29, 0.717) is 23.4 Å². The van der Waals surface area contributed by atoms with E-state index in [1.807, 2.05) is 12.1 Å². The molecule has 1 aromatic rings. The molecule has 0 radical (unpaired) electrons. The van der Waals surface area contributed by atoms with Gasteiger partial charge in [0.05, 0.1) is 5.57 Å². The fraction of sp³-hybridized carbons (Fsp3) is 0.0833. The van der Waals surface area contributed by atoms with Gasteiger partial charge in [0.25, 0.3) is 0 Å².